The Morgan fingerprint density at radius 2 is 1.91 bits per heavy atom. The Morgan fingerprint density at radius 3 is 2.64 bits per heavy atom. The average molecular weight is 455 g/mol. The van der Waals surface area contributed by atoms with Gasteiger partial charge in [0.15, 0.2) is 5.65 Å². The fourth-order valence-corrected chi connectivity index (χ4v) is 4.76. The van der Waals surface area contributed by atoms with Crippen molar-refractivity contribution in [3.63, 3.8) is 0 Å². The summed E-state index contributed by atoms with van der Waals surface area (Å²) in [4.78, 5) is 15.6. The van der Waals surface area contributed by atoms with Gasteiger partial charge in [-0.15, -0.1) is 5.10 Å². The summed E-state index contributed by atoms with van der Waals surface area (Å²) >= 11 is 0. The smallest absolute Gasteiger partial charge is 0.256 e. The molecule has 10 heteroatoms. The average Bonchev–Trinajstić information content (AvgIpc) is 3.34. The normalized spacial score (nSPS) is 19.2. The van der Waals surface area contributed by atoms with Gasteiger partial charge in [0.25, 0.3) is 6.43 Å². The van der Waals surface area contributed by atoms with Gasteiger partial charge < -0.3 is 14.8 Å². The molecule has 1 saturated carbocycles. The number of nitrogens with one attached hydrogen (secondary N) is 1. The fourth-order valence-electron chi connectivity index (χ4n) is 4.76. The summed E-state index contributed by atoms with van der Waals surface area (Å²) in [6.07, 6.45) is 7.45. The minimum atomic E-state index is -2.46. The number of pyridine rings is 1. The summed E-state index contributed by atoms with van der Waals surface area (Å²) in [5.41, 5.74) is 3.59. The highest BCUT2D eigenvalue weighted by Crippen LogP contribution is 2.29. The number of aromatic nitrogens is 6. The van der Waals surface area contributed by atoms with E-state index in [-0.39, 0.29) is 0 Å². The van der Waals surface area contributed by atoms with Crippen LogP contribution < -0.4 is 5.32 Å². The third-order valence-corrected chi connectivity index (χ3v) is 6.60. The van der Waals surface area contributed by atoms with Gasteiger partial charge in [-0.1, -0.05) is 0 Å². The topological polar surface area (TPSA) is 76.2 Å². The fraction of sp³-hybridized carbons (Fsp3) is 0.478. The first-order chi connectivity index (χ1) is 15.9. The Bertz CT molecular complexity index is 1270. The zero-order chi connectivity index (χ0) is 23.1. The maximum atomic E-state index is 13.1. The van der Waals surface area contributed by atoms with Crippen LogP contribution in [0.5, 0.6) is 0 Å². The molecule has 4 aromatic heterocycles. The van der Waals surface area contributed by atoms with Crippen LogP contribution in [-0.2, 0) is 6.54 Å². The van der Waals surface area contributed by atoms with Crippen molar-refractivity contribution >= 4 is 22.6 Å². The number of rotatable bonds is 6. The highest BCUT2D eigenvalue weighted by Gasteiger charge is 2.23. The monoisotopic (exact) mass is 454 g/mol. The molecule has 4 aromatic rings. The highest BCUT2D eigenvalue weighted by molar-refractivity contribution is 5.85. The van der Waals surface area contributed by atoms with E-state index in [1.165, 1.54) is 4.57 Å². The lowest BCUT2D eigenvalue weighted by Gasteiger charge is -2.32. The number of hydrogen-bond acceptors (Lipinski definition) is 6. The van der Waals surface area contributed by atoms with E-state index >= 15 is 0 Å². The first-order valence-corrected chi connectivity index (χ1v) is 11.3. The first-order valence-electron chi connectivity index (χ1n) is 11.3. The Hall–Kier alpha value is -3.14. The van der Waals surface area contributed by atoms with Crippen LogP contribution in [0.4, 0.5) is 14.7 Å². The number of hydrogen-bond donors (Lipinski definition) is 1. The van der Waals surface area contributed by atoms with Gasteiger partial charge in [-0.3, -0.25) is 0 Å². The molecule has 0 unspecified atom stereocenters. The van der Waals surface area contributed by atoms with Crippen molar-refractivity contribution in [3.05, 3.63) is 36.5 Å². The van der Waals surface area contributed by atoms with Crippen molar-refractivity contribution in [2.24, 2.45) is 0 Å². The number of fused-ring (bicyclic) bond motifs is 2. The number of anilines is 1. The van der Waals surface area contributed by atoms with E-state index in [1.807, 2.05) is 18.3 Å². The Morgan fingerprint density at radius 1 is 1.12 bits per heavy atom. The number of alkyl halides is 2. The molecule has 4 heterocycles. The Balaban J connectivity index is 1.39. The van der Waals surface area contributed by atoms with Gasteiger partial charge in [-0.25, -0.2) is 28.2 Å². The van der Waals surface area contributed by atoms with Crippen molar-refractivity contribution in [3.8, 4) is 11.1 Å². The first kappa shape index (κ1) is 21.7. The van der Waals surface area contributed by atoms with E-state index in [9.17, 15) is 8.78 Å². The van der Waals surface area contributed by atoms with Gasteiger partial charge in [-0.05, 0) is 58.8 Å². The van der Waals surface area contributed by atoms with Gasteiger partial charge in [0, 0.05) is 35.6 Å². The van der Waals surface area contributed by atoms with Crippen LogP contribution in [0.15, 0.2) is 30.7 Å². The lowest BCUT2D eigenvalue weighted by molar-refractivity contribution is 0.127. The van der Waals surface area contributed by atoms with E-state index in [0.717, 1.165) is 42.3 Å². The SMILES string of the molecule is Cc1nc2ncc(-c3ccn4nc(NC5CCC(N(C)C)CC5)ncc34)cc2n1CC(F)F. The molecule has 8 nitrogen and oxygen atoms in total. The van der Waals surface area contributed by atoms with Crippen LogP contribution in [0.2, 0.25) is 0 Å². The molecule has 0 amide bonds. The molecule has 0 aliphatic heterocycles. The van der Waals surface area contributed by atoms with Gasteiger partial charge in [0.2, 0.25) is 5.95 Å². The molecule has 0 aromatic carbocycles. The third-order valence-electron chi connectivity index (χ3n) is 6.60. The van der Waals surface area contributed by atoms with Gasteiger partial charge in [0.1, 0.15) is 5.82 Å². The molecule has 1 aliphatic carbocycles. The van der Waals surface area contributed by atoms with Gasteiger partial charge >= 0.3 is 0 Å². The quantitative estimate of drug-likeness (QED) is 0.475. The maximum absolute atomic E-state index is 13.1. The molecule has 33 heavy (non-hydrogen) atoms. The van der Waals surface area contributed by atoms with Crippen LogP contribution in [0.3, 0.4) is 0 Å². The van der Waals surface area contributed by atoms with Crippen LogP contribution in [0.1, 0.15) is 31.5 Å². The Labute approximate surface area is 190 Å². The van der Waals surface area contributed by atoms with Crippen LogP contribution >= 0.6 is 0 Å². The molecule has 0 spiro atoms. The van der Waals surface area contributed by atoms with Crippen LogP contribution in [-0.4, -0.2) is 66.6 Å². The maximum Gasteiger partial charge on any atom is 0.256 e. The van der Waals surface area contributed by atoms with E-state index in [0.29, 0.717) is 35.0 Å². The zero-order valence-corrected chi connectivity index (χ0v) is 19.0. The lowest BCUT2D eigenvalue weighted by atomic mass is 9.91. The molecule has 1 fully saturated rings. The summed E-state index contributed by atoms with van der Waals surface area (Å²) in [5, 5.41) is 8.12. The summed E-state index contributed by atoms with van der Waals surface area (Å²) < 4.78 is 29.4. The van der Waals surface area contributed by atoms with E-state index in [2.05, 4.69) is 44.4 Å². The van der Waals surface area contributed by atoms with Crippen molar-refractivity contribution in [1.82, 2.24) is 34.0 Å². The number of aryl methyl sites for hydroxylation is 1. The molecule has 0 saturated heterocycles. The molecule has 0 radical (unpaired) electrons. The predicted octanol–water partition coefficient (Wildman–Crippen LogP) is 4.00. The second kappa shape index (κ2) is 8.66. The zero-order valence-electron chi connectivity index (χ0n) is 19.0. The van der Waals surface area contributed by atoms with Crippen LogP contribution in [0, 0.1) is 6.92 Å². The minimum Gasteiger partial charge on any atom is -0.350 e. The number of imidazole rings is 1. The summed E-state index contributed by atoms with van der Waals surface area (Å²) in [7, 11) is 4.28. The molecule has 1 N–H and O–H groups in total. The third kappa shape index (κ3) is 4.27. The van der Waals surface area contributed by atoms with Gasteiger partial charge in [0.05, 0.1) is 23.8 Å². The molecule has 5 rings (SSSR count). The number of nitrogens with zero attached hydrogens (tertiary/aromatic N) is 7. The van der Waals surface area contributed by atoms with E-state index in [4.69, 9.17) is 0 Å². The molecular formula is C23H28F2N8. The lowest BCUT2D eigenvalue weighted by Crippen LogP contribution is -2.36. The summed E-state index contributed by atoms with van der Waals surface area (Å²) in [6.45, 7) is 1.31. The predicted molar refractivity (Wildman–Crippen MR) is 124 cm³/mol. The van der Waals surface area contributed by atoms with Crippen molar-refractivity contribution in [2.75, 3.05) is 19.4 Å². The molecular weight excluding hydrogens is 426 g/mol. The van der Waals surface area contributed by atoms with Gasteiger partial charge in [-0.2, -0.15) is 0 Å². The van der Waals surface area contributed by atoms with Crippen LogP contribution in [0.25, 0.3) is 27.8 Å². The minimum absolute atomic E-state index is 0.374. The van der Waals surface area contributed by atoms with Crippen molar-refractivity contribution in [2.45, 2.75) is 57.7 Å². The second-order valence-corrected chi connectivity index (χ2v) is 8.98. The van der Waals surface area contributed by atoms with Crippen molar-refractivity contribution in [1.29, 1.82) is 0 Å². The molecule has 0 bridgehead atoms. The van der Waals surface area contributed by atoms with E-state index in [1.54, 1.807) is 23.8 Å². The van der Waals surface area contributed by atoms with Crippen molar-refractivity contribution < 1.29 is 8.78 Å². The summed E-state index contributed by atoms with van der Waals surface area (Å²) in [6, 6.07) is 4.82. The standard InChI is InChI=1S/C23H28F2N8/c1-14-28-22-19(32(14)13-21(24)25)10-15(11-26-22)18-8-9-33-20(18)12-27-23(30-33)29-16-4-6-17(7-5-16)31(2)3/h8-12,16-17,21H,4-7,13H2,1-3H3,(H,29,30). The molecule has 0 atom stereocenters. The largest absolute Gasteiger partial charge is 0.350 e. The Kier molecular flexibility index (Phi) is 5.69. The second-order valence-electron chi connectivity index (χ2n) is 8.98. The summed E-state index contributed by atoms with van der Waals surface area (Å²) in [5.74, 6) is 1.13. The highest BCUT2D eigenvalue weighted by atomic mass is 19.3. The molecule has 174 valence electrons. The molecule has 1 aliphatic rings. The number of halogens is 2. The van der Waals surface area contributed by atoms with E-state index < -0.39 is 13.0 Å².